The minimum atomic E-state index is -4.49. The third-order valence-electron chi connectivity index (χ3n) is 6.24. The zero-order chi connectivity index (χ0) is 30.6. The summed E-state index contributed by atoms with van der Waals surface area (Å²) in [5, 5.41) is 23.9. The molecule has 0 spiro atoms. The number of aryl methyl sites for hydroxylation is 1. The van der Waals surface area contributed by atoms with E-state index in [1.54, 1.807) is 0 Å². The number of rotatable bonds is 15. The van der Waals surface area contributed by atoms with E-state index in [-0.39, 0.29) is 55.8 Å². The van der Waals surface area contributed by atoms with Gasteiger partial charge >= 0.3 is 13.3 Å². The van der Waals surface area contributed by atoms with E-state index in [1.807, 2.05) is 0 Å². The van der Waals surface area contributed by atoms with Gasteiger partial charge < -0.3 is 42.8 Å². The van der Waals surface area contributed by atoms with Crippen LogP contribution in [0.25, 0.3) is 0 Å². The molecule has 0 aliphatic heterocycles. The Balaban J connectivity index is 2.12. The summed E-state index contributed by atoms with van der Waals surface area (Å²) in [4.78, 5) is 40.0. The van der Waals surface area contributed by atoms with Gasteiger partial charge in [0.2, 0.25) is 17.7 Å². The molecule has 224 valence electrons. The first-order chi connectivity index (χ1) is 19.3. The Morgan fingerprint density at radius 3 is 2.15 bits per heavy atom. The molecule has 15 heteroatoms. The van der Waals surface area contributed by atoms with Crippen molar-refractivity contribution in [3.8, 4) is 0 Å². The second-order valence-corrected chi connectivity index (χ2v) is 9.39. The molecule has 2 aromatic carbocycles. The fourth-order valence-electron chi connectivity index (χ4n) is 3.97. The van der Waals surface area contributed by atoms with Crippen LogP contribution in [0.15, 0.2) is 48.5 Å². The first-order valence-corrected chi connectivity index (χ1v) is 13.0. The van der Waals surface area contributed by atoms with Crippen LogP contribution >= 0.6 is 0 Å². The normalized spacial score (nSPS) is 12.8. The summed E-state index contributed by atoms with van der Waals surface area (Å²) in [5.41, 5.74) is 17.1. The van der Waals surface area contributed by atoms with Crippen LogP contribution in [-0.2, 0) is 27.0 Å². The zero-order valence-electron chi connectivity index (χ0n) is 22.4. The molecule has 0 aliphatic carbocycles. The molecular formula is C26H36BF3N6O5. The molecule has 0 unspecified atom stereocenters. The third kappa shape index (κ3) is 11.1. The minimum Gasteiger partial charge on any atom is -0.423 e. The first-order valence-electron chi connectivity index (χ1n) is 13.0. The molecule has 2 aromatic rings. The van der Waals surface area contributed by atoms with Crippen LogP contribution in [0.4, 0.5) is 18.9 Å². The molecule has 2 rings (SSSR count). The van der Waals surface area contributed by atoms with Crippen molar-refractivity contribution in [3.63, 3.8) is 0 Å². The number of benzene rings is 2. The number of anilines is 1. The van der Waals surface area contributed by atoms with Crippen LogP contribution in [0.5, 0.6) is 0 Å². The molecule has 2 atom stereocenters. The lowest BCUT2D eigenvalue weighted by atomic mass is 9.80. The Hall–Kier alpha value is -3.50. The highest BCUT2D eigenvalue weighted by Crippen LogP contribution is 2.29. The van der Waals surface area contributed by atoms with E-state index in [1.165, 1.54) is 41.3 Å². The third-order valence-corrected chi connectivity index (χ3v) is 6.24. The number of halogens is 3. The summed E-state index contributed by atoms with van der Waals surface area (Å²) in [6.45, 7) is 1.10. The van der Waals surface area contributed by atoms with Gasteiger partial charge in [0, 0.05) is 38.3 Å². The second kappa shape index (κ2) is 16.1. The lowest BCUT2D eigenvalue weighted by Crippen LogP contribution is -2.50. The predicted molar refractivity (Wildman–Crippen MR) is 148 cm³/mol. The van der Waals surface area contributed by atoms with E-state index in [0.717, 1.165) is 12.1 Å². The summed E-state index contributed by atoms with van der Waals surface area (Å²) in [7, 11) is -1.77. The van der Waals surface area contributed by atoms with E-state index >= 15 is 0 Å². The minimum absolute atomic E-state index is 0.0116. The van der Waals surface area contributed by atoms with Crippen molar-refractivity contribution in [2.75, 3.05) is 31.5 Å². The highest BCUT2D eigenvalue weighted by molar-refractivity contribution is 6.58. The molecule has 10 N–H and O–H groups in total. The predicted octanol–water partition coefficient (Wildman–Crippen LogP) is -0.705. The van der Waals surface area contributed by atoms with Crippen LogP contribution in [0, 0.1) is 0 Å². The lowest BCUT2D eigenvalue weighted by molar-refractivity contribution is -0.137. The highest BCUT2D eigenvalue weighted by atomic mass is 19.4. The summed E-state index contributed by atoms with van der Waals surface area (Å²) in [5.74, 6) is -1.63. The van der Waals surface area contributed by atoms with Crippen LogP contribution in [0.3, 0.4) is 0 Å². The average Bonchev–Trinajstić information content (AvgIpc) is 2.93. The lowest BCUT2D eigenvalue weighted by Gasteiger charge is -2.23. The Bertz CT molecular complexity index is 1150. The van der Waals surface area contributed by atoms with Gasteiger partial charge in [-0.05, 0) is 54.6 Å². The SMILES string of the molecule is NCCN(CCN)C(=O)CC[C@H](N)C(=O)N[C@H](CCc1ccc(C(F)(F)F)cc1)C(=O)Nc1cccc(B(O)O)c1. The fraction of sp³-hybridized carbons (Fsp3) is 0.423. The quantitative estimate of drug-likeness (QED) is 0.134. The van der Waals surface area contributed by atoms with Crippen molar-refractivity contribution in [1.82, 2.24) is 10.2 Å². The number of nitrogens with zero attached hydrogens (tertiary/aromatic N) is 1. The van der Waals surface area contributed by atoms with Crippen LogP contribution < -0.4 is 33.3 Å². The number of amides is 3. The standard InChI is InChI=1S/C26H36BF3N6O5/c28-26(29,30)18-7-4-17(5-8-18)6-10-22(25(39)34-20-3-1-2-19(16-20)27(40)41)35-24(38)21(33)9-11-23(37)36(14-12-31)15-13-32/h1-5,7-8,16,21-22,40-41H,6,9-15,31-33H2,(H,34,39)(H,35,38)/t21-,22+/m0/s1. The molecule has 41 heavy (non-hydrogen) atoms. The Kier molecular flexibility index (Phi) is 13.2. The smallest absolute Gasteiger partial charge is 0.423 e. The molecule has 0 aliphatic rings. The maximum Gasteiger partial charge on any atom is 0.488 e. The van der Waals surface area contributed by atoms with Gasteiger partial charge in [-0.15, -0.1) is 0 Å². The number of carbonyl (C=O) groups excluding carboxylic acids is 3. The van der Waals surface area contributed by atoms with Crippen LogP contribution in [-0.4, -0.2) is 78.1 Å². The molecule has 0 heterocycles. The maximum atomic E-state index is 13.1. The van der Waals surface area contributed by atoms with Gasteiger partial charge in [-0.3, -0.25) is 14.4 Å². The van der Waals surface area contributed by atoms with Crippen LogP contribution in [0.2, 0.25) is 0 Å². The number of nitrogens with one attached hydrogen (secondary N) is 2. The van der Waals surface area contributed by atoms with Crippen molar-refractivity contribution >= 4 is 36.0 Å². The van der Waals surface area contributed by atoms with Gasteiger partial charge in [0.25, 0.3) is 0 Å². The summed E-state index contributed by atoms with van der Waals surface area (Å²) in [6, 6.07) is 7.92. The summed E-state index contributed by atoms with van der Waals surface area (Å²) in [6.07, 6.45) is -4.40. The van der Waals surface area contributed by atoms with E-state index < -0.39 is 42.8 Å². The molecule has 0 saturated carbocycles. The van der Waals surface area contributed by atoms with E-state index in [2.05, 4.69) is 10.6 Å². The largest absolute Gasteiger partial charge is 0.488 e. The van der Waals surface area contributed by atoms with Crippen molar-refractivity contribution in [2.45, 2.75) is 43.9 Å². The Labute approximate surface area is 236 Å². The molecule has 0 aromatic heterocycles. The number of hydrogen-bond donors (Lipinski definition) is 7. The molecule has 11 nitrogen and oxygen atoms in total. The second-order valence-electron chi connectivity index (χ2n) is 9.39. The summed E-state index contributed by atoms with van der Waals surface area (Å²) < 4.78 is 38.7. The Morgan fingerprint density at radius 1 is 0.951 bits per heavy atom. The monoisotopic (exact) mass is 580 g/mol. The highest BCUT2D eigenvalue weighted by Gasteiger charge is 2.30. The number of alkyl halides is 3. The Morgan fingerprint density at radius 2 is 1.59 bits per heavy atom. The molecule has 0 fully saturated rings. The van der Waals surface area contributed by atoms with E-state index in [0.29, 0.717) is 18.7 Å². The molecule has 0 bridgehead atoms. The molecule has 0 saturated heterocycles. The van der Waals surface area contributed by atoms with Crippen molar-refractivity contribution in [2.24, 2.45) is 17.2 Å². The molecular weight excluding hydrogens is 544 g/mol. The number of hydrogen-bond acceptors (Lipinski definition) is 8. The fourth-order valence-corrected chi connectivity index (χ4v) is 3.97. The van der Waals surface area contributed by atoms with Crippen molar-refractivity contribution in [3.05, 3.63) is 59.7 Å². The van der Waals surface area contributed by atoms with Gasteiger partial charge in [-0.2, -0.15) is 13.2 Å². The van der Waals surface area contributed by atoms with Gasteiger partial charge in [0.15, 0.2) is 0 Å². The van der Waals surface area contributed by atoms with Gasteiger partial charge in [-0.25, -0.2) is 0 Å². The molecule has 3 amide bonds. The van der Waals surface area contributed by atoms with E-state index in [4.69, 9.17) is 17.2 Å². The number of nitrogens with two attached hydrogens (primary N) is 3. The number of carbonyl (C=O) groups is 3. The zero-order valence-corrected chi connectivity index (χ0v) is 22.4. The van der Waals surface area contributed by atoms with Gasteiger partial charge in [0.05, 0.1) is 11.6 Å². The van der Waals surface area contributed by atoms with Gasteiger partial charge in [-0.1, -0.05) is 24.3 Å². The summed E-state index contributed by atoms with van der Waals surface area (Å²) >= 11 is 0. The van der Waals surface area contributed by atoms with Crippen molar-refractivity contribution < 1.29 is 37.6 Å². The van der Waals surface area contributed by atoms with E-state index in [9.17, 15) is 37.6 Å². The molecule has 0 radical (unpaired) electrons. The topological polar surface area (TPSA) is 197 Å². The first kappa shape index (κ1) is 33.7. The van der Waals surface area contributed by atoms with Crippen molar-refractivity contribution in [1.29, 1.82) is 0 Å². The maximum absolute atomic E-state index is 13.1. The van der Waals surface area contributed by atoms with Crippen LogP contribution in [0.1, 0.15) is 30.4 Å². The average molecular weight is 580 g/mol. The van der Waals surface area contributed by atoms with Gasteiger partial charge in [0.1, 0.15) is 6.04 Å².